The zero-order valence-corrected chi connectivity index (χ0v) is 15.7. The highest BCUT2D eigenvalue weighted by Gasteiger charge is 2.12. The molecule has 144 valence electrons. The predicted octanol–water partition coefficient (Wildman–Crippen LogP) is 2.34. The van der Waals surface area contributed by atoms with E-state index in [1.54, 1.807) is 18.3 Å². The second-order valence-electron chi connectivity index (χ2n) is 6.14. The maximum absolute atomic E-state index is 12.1. The summed E-state index contributed by atoms with van der Waals surface area (Å²) in [6, 6.07) is 18.8. The first-order valence-corrected chi connectivity index (χ1v) is 9.09. The molecule has 2 rings (SSSR count). The number of nitrogens with zero attached hydrogens (tertiary/aromatic N) is 1. The van der Waals surface area contributed by atoms with Crippen molar-refractivity contribution in [2.24, 2.45) is 11.6 Å². The molecule has 2 aromatic carbocycles. The number of amides is 1. The third-order valence-electron chi connectivity index (χ3n) is 4.02. The number of carbonyl (C=O) groups is 1. The smallest absolute Gasteiger partial charge is 0.251 e. The molecule has 2 aromatic rings. The van der Waals surface area contributed by atoms with Crippen LogP contribution >= 0.6 is 0 Å². The molecule has 0 saturated carbocycles. The van der Waals surface area contributed by atoms with Crippen LogP contribution < -0.4 is 16.9 Å². The molecule has 1 amide bonds. The summed E-state index contributed by atoms with van der Waals surface area (Å²) in [5, 5.41) is 4.44. The second kappa shape index (κ2) is 11.0. The Morgan fingerprint density at radius 2 is 1.70 bits per heavy atom. The van der Waals surface area contributed by atoms with Gasteiger partial charge in [0.2, 0.25) is 0 Å². The molecule has 0 aliphatic rings. The lowest BCUT2D eigenvalue weighted by Gasteiger charge is -2.23. The lowest BCUT2D eigenvalue weighted by molar-refractivity contribution is 0.0380. The molecule has 0 spiro atoms. The van der Waals surface area contributed by atoms with E-state index in [0.717, 1.165) is 5.56 Å². The maximum Gasteiger partial charge on any atom is 0.251 e. The topological polar surface area (TPSA) is 93.6 Å². The second-order valence-corrected chi connectivity index (χ2v) is 6.14. The third kappa shape index (κ3) is 7.13. The fourth-order valence-corrected chi connectivity index (χ4v) is 2.67. The first kappa shape index (κ1) is 20.5. The van der Waals surface area contributed by atoms with Crippen LogP contribution in [0.1, 0.15) is 29.3 Å². The van der Waals surface area contributed by atoms with Crippen LogP contribution in [-0.2, 0) is 4.74 Å². The van der Waals surface area contributed by atoms with Crippen molar-refractivity contribution in [3.8, 4) is 0 Å². The van der Waals surface area contributed by atoms with Gasteiger partial charge in [-0.05, 0) is 31.0 Å². The van der Waals surface area contributed by atoms with Crippen molar-refractivity contribution in [1.29, 1.82) is 0 Å². The summed E-state index contributed by atoms with van der Waals surface area (Å²) < 4.78 is 5.74. The molecule has 0 aliphatic carbocycles. The minimum absolute atomic E-state index is 0.0938. The highest BCUT2D eigenvalue weighted by molar-refractivity contribution is 5.94. The van der Waals surface area contributed by atoms with Crippen molar-refractivity contribution in [3.63, 3.8) is 0 Å². The van der Waals surface area contributed by atoms with Crippen molar-refractivity contribution in [3.05, 3.63) is 78.0 Å². The van der Waals surface area contributed by atoms with Gasteiger partial charge in [0.1, 0.15) is 0 Å². The summed E-state index contributed by atoms with van der Waals surface area (Å²) in [7, 11) is 0. The van der Waals surface area contributed by atoms with E-state index in [9.17, 15) is 4.79 Å². The number of hydrogen-bond acceptors (Lipinski definition) is 5. The molecule has 0 aliphatic heterocycles. The lowest BCUT2D eigenvalue weighted by atomic mass is 10.2. The SMILES string of the molecule is CCOC(CCNC(=O)c1ccccc1)CN(N)/C=C(\N)c1ccccc1. The van der Waals surface area contributed by atoms with Crippen LogP contribution in [-0.4, -0.2) is 36.7 Å². The van der Waals surface area contributed by atoms with Gasteiger partial charge in [0, 0.05) is 24.9 Å². The summed E-state index contributed by atoms with van der Waals surface area (Å²) in [5.41, 5.74) is 8.24. The summed E-state index contributed by atoms with van der Waals surface area (Å²) in [5.74, 6) is 5.98. The summed E-state index contributed by atoms with van der Waals surface area (Å²) >= 11 is 0. The van der Waals surface area contributed by atoms with Gasteiger partial charge in [-0.25, -0.2) is 5.84 Å². The molecule has 0 saturated heterocycles. The van der Waals surface area contributed by atoms with Crippen LogP contribution in [0.2, 0.25) is 0 Å². The van der Waals surface area contributed by atoms with Crippen molar-refractivity contribution >= 4 is 11.6 Å². The lowest BCUT2D eigenvalue weighted by Crippen LogP contribution is -2.38. The van der Waals surface area contributed by atoms with E-state index >= 15 is 0 Å². The molecular weight excluding hydrogens is 340 g/mol. The summed E-state index contributed by atoms with van der Waals surface area (Å²) in [6.07, 6.45) is 2.24. The minimum atomic E-state index is -0.115. The highest BCUT2D eigenvalue weighted by atomic mass is 16.5. The van der Waals surface area contributed by atoms with Gasteiger partial charge in [-0.3, -0.25) is 4.79 Å². The number of hydrogen-bond donors (Lipinski definition) is 3. The predicted molar refractivity (Wildman–Crippen MR) is 108 cm³/mol. The fraction of sp³-hybridized carbons (Fsp3) is 0.286. The molecule has 0 aromatic heterocycles. The number of nitrogens with one attached hydrogen (secondary N) is 1. The highest BCUT2D eigenvalue weighted by Crippen LogP contribution is 2.09. The Kier molecular flexibility index (Phi) is 8.35. The van der Waals surface area contributed by atoms with Gasteiger partial charge in [0.15, 0.2) is 0 Å². The van der Waals surface area contributed by atoms with Gasteiger partial charge >= 0.3 is 0 Å². The maximum atomic E-state index is 12.1. The van der Waals surface area contributed by atoms with Crippen LogP contribution in [0, 0.1) is 0 Å². The van der Waals surface area contributed by atoms with E-state index in [-0.39, 0.29) is 12.0 Å². The monoisotopic (exact) mass is 368 g/mol. The fourth-order valence-electron chi connectivity index (χ4n) is 2.67. The normalized spacial score (nSPS) is 12.4. The average Bonchev–Trinajstić information content (AvgIpc) is 2.69. The van der Waals surface area contributed by atoms with Gasteiger partial charge < -0.3 is 20.8 Å². The zero-order valence-electron chi connectivity index (χ0n) is 15.7. The number of rotatable bonds is 10. The van der Waals surface area contributed by atoms with Crippen molar-refractivity contribution < 1.29 is 9.53 Å². The largest absolute Gasteiger partial charge is 0.397 e. The molecule has 1 unspecified atom stereocenters. The average molecular weight is 368 g/mol. The molecule has 1 atom stereocenters. The minimum Gasteiger partial charge on any atom is -0.397 e. The molecule has 27 heavy (non-hydrogen) atoms. The summed E-state index contributed by atoms with van der Waals surface area (Å²) in [6.45, 7) is 3.49. The van der Waals surface area contributed by atoms with E-state index in [0.29, 0.717) is 37.4 Å². The Hall–Kier alpha value is -2.83. The number of ether oxygens (including phenoxy) is 1. The Bertz CT molecular complexity index is 719. The van der Waals surface area contributed by atoms with Gasteiger partial charge in [-0.2, -0.15) is 0 Å². The van der Waals surface area contributed by atoms with Crippen LogP contribution in [0.4, 0.5) is 0 Å². The van der Waals surface area contributed by atoms with Crippen LogP contribution in [0.25, 0.3) is 5.70 Å². The van der Waals surface area contributed by atoms with Gasteiger partial charge in [-0.1, -0.05) is 48.5 Å². The Morgan fingerprint density at radius 1 is 1.11 bits per heavy atom. The van der Waals surface area contributed by atoms with E-state index in [1.165, 1.54) is 5.01 Å². The third-order valence-corrected chi connectivity index (χ3v) is 4.02. The van der Waals surface area contributed by atoms with Gasteiger partial charge in [-0.15, -0.1) is 0 Å². The quantitative estimate of drug-likeness (QED) is 0.442. The number of hydrazine groups is 1. The summed E-state index contributed by atoms with van der Waals surface area (Å²) in [4.78, 5) is 12.1. The molecule has 0 fully saturated rings. The Morgan fingerprint density at radius 3 is 2.30 bits per heavy atom. The first-order valence-electron chi connectivity index (χ1n) is 9.09. The van der Waals surface area contributed by atoms with Gasteiger partial charge in [0.05, 0.1) is 18.3 Å². The van der Waals surface area contributed by atoms with Crippen LogP contribution in [0.5, 0.6) is 0 Å². The zero-order chi connectivity index (χ0) is 19.5. The molecular formula is C21H28N4O2. The van der Waals surface area contributed by atoms with Crippen LogP contribution in [0.3, 0.4) is 0 Å². The molecule has 0 heterocycles. The molecule has 6 heteroatoms. The molecule has 6 nitrogen and oxygen atoms in total. The number of benzene rings is 2. The standard InChI is InChI=1S/C21H28N4O2/c1-2-27-19(13-14-24-21(26)18-11-7-4-8-12-18)15-25(23)16-20(22)17-9-5-3-6-10-17/h3-12,16,19H,2,13-15,22-23H2,1H3,(H,24,26)/b20-16-. The van der Waals surface area contributed by atoms with E-state index in [1.807, 2.05) is 55.5 Å². The Labute approximate surface area is 160 Å². The van der Waals surface area contributed by atoms with E-state index < -0.39 is 0 Å². The molecule has 0 radical (unpaired) electrons. The number of carbonyl (C=O) groups excluding carboxylic acids is 1. The van der Waals surface area contributed by atoms with E-state index in [2.05, 4.69) is 5.32 Å². The van der Waals surface area contributed by atoms with E-state index in [4.69, 9.17) is 16.3 Å². The van der Waals surface area contributed by atoms with Crippen LogP contribution in [0.15, 0.2) is 66.9 Å². The Balaban J connectivity index is 1.84. The molecule has 5 N–H and O–H groups in total. The van der Waals surface area contributed by atoms with Crippen molar-refractivity contribution in [2.75, 3.05) is 19.7 Å². The van der Waals surface area contributed by atoms with Gasteiger partial charge in [0.25, 0.3) is 5.91 Å². The van der Waals surface area contributed by atoms with Crippen molar-refractivity contribution in [1.82, 2.24) is 10.3 Å². The molecule has 0 bridgehead atoms. The number of nitrogens with two attached hydrogens (primary N) is 2. The van der Waals surface area contributed by atoms with Crippen molar-refractivity contribution in [2.45, 2.75) is 19.4 Å². The first-order chi connectivity index (χ1) is 13.1.